The topological polar surface area (TPSA) is 50.4 Å². The second-order valence-corrected chi connectivity index (χ2v) is 7.49. The van der Waals surface area contributed by atoms with Gasteiger partial charge in [0.1, 0.15) is 5.75 Å². The maximum Gasteiger partial charge on any atom is 0.262 e. The average Bonchev–Trinajstić information content (AvgIpc) is 2.68. The van der Waals surface area contributed by atoms with Crippen molar-refractivity contribution in [3.63, 3.8) is 0 Å². The predicted molar refractivity (Wildman–Crippen MR) is 118 cm³/mol. The van der Waals surface area contributed by atoms with Gasteiger partial charge in [0.2, 0.25) is 0 Å². The lowest BCUT2D eigenvalue weighted by Gasteiger charge is -2.12. The highest BCUT2D eigenvalue weighted by Crippen LogP contribution is 2.26. The Kier molecular flexibility index (Phi) is 6.71. The molecule has 2 N–H and O–H groups in total. The summed E-state index contributed by atoms with van der Waals surface area (Å²) in [5.41, 5.74) is 5.19. The van der Waals surface area contributed by atoms with Crippen molar-refractivity contribution >= 4 is 33.2 Å². The Labute approximate surface area is 174 Å². The van der Waals surface area contributed by atoms with Crippen molar-refractivity contribution in [2.24, 2.45) is 0 Å². The highest BCUT2D eigenvalue weighted by molar-refractivity contribution is 9.10. The zero-order chi connectivity index (χ0) is 19.9. The number of halogens is 1. The molecule has 0 saturated heterocycles. The van der Waals surface area contributed by atoms with Crippen molar-refractivity contribution in [2.75, 3.05) is 17.2 Å². The first kappa shape index (κ1) is 20.0. The molecule has 28 heavy (non-hydrogen) atoms. The minimum absolute atomic E-state index is 0.0481. The van der Waals surface area contributed by atoms with Crippen molar-refractivity contribution in [1.82, 2.24) is 0 Å². The molecule has 5 heteroatoms. The Hall–Kier alpha value is -2.79. The van der Waals surface area contributed by atoms with Gasteiger partial charge < -0.3 is 15.4 Å². The van der Waals surface area contributed by atoms with Crippen molar-refractivity contribution < 1.29 is 9.53 Å². The van der Waals surface area contributed by atoms with Crippen molar-refractivity contribution in [1.29, 1.82) is 0 Å². The van der Waals surface area contributed by atoms with E-state index in [-0.39, 0.29) is 12.5 Å². The molecule has 0 fully saturated rings. The summed E-state index contributed by atoms with van der Waals surface area (Å²) in [7, 11) is 0. The fourth-order valence-electron chi connectivity index (χ4n) is 2.81. The molecule has 3 aromatic rings. The number of anilines is 2. The van der Waals surface area contributed by atoms with Crippen LogP contribution in [-0.4, -0.2) is 12.5 Å². The van der Waals surface area contributed by atoms with E-state index in [9.17, 15) is 4.79 Å². The van der Waals surface area contributed by atoms with Crippen LogP contribution in [0.25, 0.3) is 0 Å². The minimum atomic E-state index is -0.186. The van der Waals surface area contributed by atoms with Crippen LogP contribution in [0.3, 0.4) is 0 Å². The molecule has 0 spiro atoms. The highest BCUT2D eigenvalue weighted by Gasteiger charge is 2.08. The summed E-state index contributed by atoms with van der Waals surface area (Å²) in [6.07, 6.45) is 0. The van der Waals surface area contributed by atoms with Gasteiger partial charge in [0.05, 0.1) is 4.47 Å². The van der Waals surface area contributed by atoms with Gasteiger partial charge in [0.15, 0.2) is 6.61 Å². The van der Waals surface area contributed by atoms with Gasteiger partial charge >= 0.3 is 0 Å². The Balaban J connectivity index is 1.53. The molecule has 0 aliphatic carbocycles. The van der Waals surface area contributed by atoms with E-state index in [1.807, 2.05) is 80.6 Å². The lowest BCUT2D eigenvalue weighted by atomic mass is 10.1. The molecule has 0 heterocycles. The molecule has 0 atom stereocenters. The van der Waals surface area contributed by atoms with E-state index in [0.717, 1.165) is 32.5 Å². The molecular formula is C23H23BrN2O2. The number of rotatable bonds is 7. The number of aryl methyl sites for hydroxylation is 2. The standard InChI is InChI=1S/C23H23BrN2O2/c1-16-8-10-21(17(2)12-16)26-23(27)15-28-22-11-9-18(13-20(22)24)14-25-19-6-4-3-5-7-19/h3-13,25H,14-15H2,1-2H3,(H,26,27). The summed E-state index contributed by atoms with van der Waals surface area (Å²) in [6.45, 7) is 4.66. The normalized spacial score (nSPS) is 10.4. The summed E-state index contributed by atoms with van der Waals surface area (Å²) >= 11 is 3.53. The van der Waals surface area contributed by atoms with Gasteiger partial charge in [-0.05, 0) is 71.2 Å². The number of hydrogen-bond acceptors (Lipinski definition) is 3. The number of amides is 1. The van der Waals surface area contributed by atoms with E-state index in [1.54, 1.807) is 0 Å². The van der Waals surface area contributed by atoms with Gasteiger partial charge in [-0.25, -0.2) is 0 Å². The number of benzene rings is 3. The molecule has 3 aromatic carbocycles. The fraction of sp³-hybridized carbons (Fsp3) is 0.174. The van der Waals surface area contributed by atoms with Crippen LogP contribution < -0.4 is 15.4 Å². The smallest absolute Gasteiger partial charge is 0.262 e. The molecule has 0 unspecified atom stereocenters. The van der Waals surface area contributed by atoms with Crippen LogP contribution in [0.4, 0.5) is 11.4 Å². The predicted octanol–water partition coefficient (Wildman–Crippen LogP) is 5.70. The first-order valence-electron chi connectivity index (χ1n) is 9.08. The summed E-state index contributed by atoms with van der Waals surface area (Å²) in [4.78, 5) is 12.2. The summed E-state index contributed by atoms with van der Waals surface area (Å²) in [6, 6.07) is 21.8. The second-order valence-electron chi connectivity index (χ2n) is 6.64. The molecule has 144 valence electrons. The van der Waals surface area contributed by atoms with Crippen LogP contribution in [0.1, 0.15) is 16.7 Å². The third-order valence-electron chi connectivity index (χ3n) is 4.28. The lowest BCUT2D eigenvalue weighted by Crippen LogP contribution is -2.20. The highest BCUT2D eigenvalue weighted by atomic mass is 79.9. The molecule has 0 aliphatic rings. The van der Waals surface area contributed by atoms with Gasteiger partial charge in [-0.2, -0.15) is 0 Å². The van der Waals surface area contributed by atoms with Crippen LogP contribution in [-0.2, 0) is 11.3 Å². The fourth-order valence-corrected chi connectivity index (χ4v) is 3.36. The molecule has 0 bridgehead atoms. The summed E-state index contributed by atoms with van der Waals surface area (Å²) in [5.74, 6) is 0.452. The largest absolute Gasteiger partial charge is 0.483 e. The average molecular weight is 439 g/mol. The van der Waals surface area contributed by atoms with Crippen LogP contribution in [0.15, 0.2) is 71.2 Å². The monoisotopic (exact) mass is 438 g/mol. The molecule has 1 amide bonds. The Morgan fingerprint density at radius 1 is 1.00 bits per heavy atom. The number of ether oxygens (including phenoxy) is 1. The van der Waals surface area contributed by atoms with Crippen LogP contribution >= 0.6 is 15.9 Å². The number of para-hydroxylation sites is 1. The van der Waals surface area contributed by atoms with Gasteiger partial charge in [-0.3, -0.25) is 4.79 Å². The van der Waals surface area contributed by atoms with Gasteiger partial charge in [0.25, 0.3) is 5.91 Å². The van der Waals surface area contributed by atoms with Crippen LogP contribution in [0.5, 0.6) is 5.75 Å². The minimum Gasteiger partial charge on any atom is -0.483 e. The van der Waals surface area contributed by atoms with E-state index < -0.39 is 0 Å². The third kappa shape index (κ3) is 5.60. The van der Waals surface area contributed by atoms with E-state index in [4.69, 9.17) is 4.74 Å². The number of hydrogen-bond donors (Lipinski definition) is 2. The number of carbonyl (C=O) groups excluding carboxylic acids is 1. The van der Waals surface area contributed by atoms with E-state index in [2.05, 4.69) is 26.6 Å². The molecule has 0 aliphatic heterocycles. The third-order valence-corrected chi connectivity index (χ3v) is 4.90. The first-order valence-corrected chi connectivity index (χ1v) is 9.88. The second kappa shape index (κ2) is 9.42. The molecule has 0 aromatic heterocycles. The van der Waals surface area contributed by atoms with Gasteiger partial charge in [0, 0.05) is 17.9 Å². The number of carbonyl (C=O) groups is 1. The molecular weight excluding hydrogens is 416 g/mol. The van der Waals surface area contributed by atoms with Gasteiger partial charge in [-0.1, -0.05) is 42.0 Å². The summed E-state index contributed by atoms with van der Waals surface area (Å²) in [5, 5.41) is 6.26. The van der Waals surface area contributed by atoms with E-state index in [1.165, 1.54) is 0 Å². The van der Waals surface area contributed by atoms with Crippen LogP contribution in [0.2, 0.25) is 0 Å². The summed E-state index contributed by atoms with van der Waals surface area (Å²) < 4.78 is 6.49. The quantitative estimate of drug-likeness (QED) is 0.497. The lowest BCUT2D eigenvalue weighted by molar-refractivity contribution is -0.118. The molecule has 0 radical (unpaired) electrons. The Bertz CT molecular complexity index is 958. The zero-order valence-electron chi connectivity index (χ0n) is 16.0. The molecule has 4 nitrogen and oxygen atoms in total. The Morgan fingerprint density at radius 3 is 2.50 bits per heavy atom. The maximum atomic E-state index is 12.2. The van der Waals surface area contributed by atoms with E-state index >= 15 is 0 Å². The molecule has 0 saturated carbocycles. The van der Waals surface area contributed by atoms with Crippen molar-refractivity contribution in [3.05, 3.63) is 87.9 Å². The van der Waals surface area contributed by atoms with Crippen molar-refractivity contribution in [3.8, 4) is 5.75 Å². The first-order chi connectivity index (χ1) is 13.5. The Morgan fingerprint density at radius 2 is 1.79 bits per heavy atom. The number of nitrogens with one attached hydrogen (secondary N) is 2. The van der Waals surface area contributed by atoms with Crippen LogP contribution in [0, 0.1) is 13.8 Å². The molecule has 3 rings (SSSR count). The van der Waals surface area contributed by atoms with Crippen molar-refractivity contribution in [2.45, 2.75) is 20.4 Å². The van der Waals surface area contributed by atoms with E-state index in [0.29, 0.717) is 12.3 Å². The van der Waals surface area contributed by atoms with Gasteiger partial charge in [-0.15, -0.1) is 0 Å². The zero-order valence-corrected chi connectivity index (χ0v) is 17.5. The SMILES string of the molecule is Cc1ccc(NC(=O)COc2ccc(CNc3ccccc3)cc2Br)c(C)c1. The maximum absolute atomic E-state index is 12.2.